The molecule has 0 saturated carbocycles. The first-order valence-electron chi connectivity index (χ1n) is 5.73. The lowest BCUT2D eigenvalue weighted by atomic mass is 10.0. The van der Waals surface area contributed by atoms with E-state index in [1.807, 2.05) is 0 Å². The first kappa shape index (κ1) is 23.9. The van der Waals surface area contributed by atoms with Crippen molar-refractivity contribution in [2.75, 3.05) is 6.61 Å². The fourth-order valence-electron chi connectivity index (χ4n) is 0.618. The monoisotopic (exact) mass is 296 g/mol. The third kappa shape index (κ3) is 19.2. The molecule has 0 aromatic heterocycles. The van der Waals surface area contributed by atoms with Crippen LogP contribution in [0.25, 0.3) is 0 Å². The molecule has 120 valence electrons. The summed E-state index contributed by atoms with van der Waals surface area (Å²) >= 11 is 0. The van der Waals surface area contributed by atoms with Crippen LogP contribution < -0.4 is 0 Å². The molecule has 0 heterocycles. The van der Waals surface area contributed by atoms with E-state index in [1.165, 1.54) is 27.7 Å². The van der Waals surface area contributed by atoms with Crippen molar-refractivity contribution in [1.82, 2.24) is 0 Å². The van der Waals surface area contributed by atoms with Gasteiger partial charge < -0.3 is 39.9 Å². The van der Waals surface area contributed by atoms with Crippen LogP contribution in [0.5, 0.6) is 0 Å². The second kappa shape index (κ2) is 14.2. The number of carbonyl (C=O) groups excluding carboxylic acids is 3. The second-order valence-electron chi connectivity index (χ2n) is 4.17. The number of aldehydes is 1. The average molecular weight is 296 g/mol. The Kier molecular flexibility index (Phi) is 17.0. The highest BCUT2D eigenvalue weighted by Gasteiger charge is 2.29. The SMILES string of the molecule is CC(C)=O.CC(C)=O.O=C[C@@H](O)[C@H](O)[C@@H](O)[C@@H](O)CO. The van der Waals surface area contributed by atoms with Crippen LogP contribution >= 0.6 is 0 Å². The molecule has 0 aliphatic heterocycles. The maximum Gasteiger partial charge on any atom is 0.151 e. The number of hydrogen-bond donors (Lipinski definition) is 5. The van der Waals surface area contributed by atoms with Gasteiger partial charge in [0.15, 0.2) is 6.29 Å². The van der Waals surface area contributed by atoms with Crippen LogP contribution in [0.3, 0.4) is 0 Å². The zero-order valence-electron chi connectivity index (χ0n) is 12.1. The molecule has 0 saturated heterocycles. The normalized spacial score (nSPS) is 15.2. The van der Waals surface area contributed by atoms with E-state index >= 15 is 0 Å². The van der Waals surface area contributed by atoms with Gasteiger partial charge in [0.05, 0.1) is 6.61 Å². The van der Waals surface area contributed by atoms with E-state index in [0.717, 1.165) is 0 Å². The third-order valence-corrected chi connectivity index (χ3v) is 1.42. The van der Waals surface area contributed by atoms with Gasteiger partial charge in [-0.1, -0.05) is 0 Å². The molecular weight excluding hydrogens is 272 g/mol. The number of carbonyl (C=O) groups is 3. The molecular formula is C12H24O8. The van der Waals surface area contributed by atoms with Crippen LogP contribution in [-0.2, 0) is 14.4 Å². The van der Waals surface area contributed by atoms with Crippen molar-refractivity contribution in [2.45, 2.75) is 52.1 Å². The zero-order chi connectivity index (χ0) is 16.9. The standard InChI is InChI=1S/C6H12O6.2C3H6O/c7-1-3(9)5(11)6(12)4(10)2-8;2*1-3(2)4/h1,3-6,8-12H,2H2;2*1-2H3/t3-,4+,5+,6+;;/m1../s1. The predicted octanol–water partition coefficient (Wildman–Crippen LogP) is -2.19. The molecule has 0 fully saturated rings. The van der Waals surface area contributed by atoms with Crippen molar-refractivity contribution >= 4 is 17.9 Å². The summed E-state index contributed by atoms with van der Waals surface area (Å²) in [5.74, 6) is 0.333. The van der Waals surface area contributed by atoms with Gasteiger partial charge in [-0.2, -0.15) is 0 Å². The van der Waals surface area contributed by atoms with Crippen LogP contribution in [0, 0.1) is 0 Å². The fraction of sp³-hybridized carbons (Fsp3) is 0.750. The predicted molar refractivity (Wildman–Crippen MR) is 69.9 cm³/mol. The minimum Gasteiger partial charge on any atom is -0.394 e. The summed E-state index contributed by atoms with van der Waals surface area (Å²) in [5, 5.41) is 43.5. The molecule has 0 aromatic carbocycles. The number of Topliss-reactive ketones (excluding diaryl/α,β-unsaturated/α-hetero) is 2. The summed E-state index contributed by atoms with van der Waals surface area (Å²) in [6.07, 6.45) is -6.84. The van der Waals surface area contributed by atoms with E-state index in [-0.39, 0.29) is 17.9 Å². The molecule has 0 aliphatic rings. The molecule has 0 amide bonds. The van der Waals surface area contributed by atoms with Gasteiger partial charge in [0, 0.05) is 0 Å². The van der Waals surface area contributed by atoms with Crippen molar-refractivity contribution in [3.63, 3.8) is 0 Å². The smallest absolute Gasteiger partial charge is 0.151 e. The fourth-order valence-corrected chi connectivity index (χ4v) is 0.618. The number of hydrogen-bond acceptors (Lipinski definition) is 8. The molecule has 5 N–H and O–H groups in total. The largest absolute Gasteiger partial charge is 0.394 e. The first-order chi connectivity index (χ1) is 9.00. The Morgan fingerprint density at radius 1 is 0.900 bits per heavy atom. The lowest BCUT2D eigenvalue weighted by Gasteiger charge is -2.22. The molecule has 0 spiro atoms. The second-order valence-corrected chi connectivity index (χ2v) is 4.17. The van der Waals surface area contributed by atoms with Crippen LogP contribution in [0.15, 0.2) is 0 Å². The van der Waals surface area contributed by atoms with Gasteiger partial charge in [-0.25, -0.2) is 0 Å². The van der Waals surface area contributed by atoms with Crippen molar-refractivity contribution in [3.8, 4) is 0 Å². The third-order valence-electron chi connectivity index (χ3n) is 1.42. The highest BCUT2D eigenvalue weighted by Crippen LogP contribution is 2.02. The molecule has 4 atom stereocenters. The van der Waals surface area contributed by atoms with Crippen molar-refractivity contribution in [2.24, 2.45) is 0 Å². The summed E-state index contributed by atoms with van der Waals surface area (Å²) in [6.45, 7) is 5.35. The Bertz CT molecular complexity index is 259. The summed E-state index contributed by atoms with van der Waals surface area (Å²) in [4.78, 5) is 28.8. The minimum absolute atomic E-state index is 0.0258. The number of ketones is 2. The number of aliphatic hydroxyl groups excluding tert-OH is 5. The maximum absolute atomic E-state index is 9.90. The van der Waals surface area contributed by atoms with E-state index in [9.17, 15) is 14.4 Å². The Morgan fingerprint density at radius 3 is 1.40 bits per heavy atom. The molecule has 0 rings (SSSR count). The van der Waals surface area contributed by atoms with E-state index in [1.54, 1.807) is 0 Å². The van der Waals surface area contributed by atoms with Crippen molar-refractivity contribution < 1.29 is 39.9 Å². The Labute approximate surface area is 117 Å². The lowest BCUT2D eigenvalue weighted by molar-refractivity contribution is -0.136. The number of rotatable bonds is 5. The van der Waals surface area contributed by atoms with Crippen LogP contribution in [-0.4, -0.2) is 74.4 Å². The minimum atomic E-state index is -1.79. The van der Waals surface area contributed by atoms with E-state index in [4.69, 9.17) is 25.5 Å². The Hall–Kier alpha value is -1.19. The van der Waals surface area contributed by atoms with Gasteiger partial charge in [-0.15, -0.1) is 0 Å². The van der Waals surface area contributed by atoms with Crippen molar-refractivity contribution in [3.05, 3.63) is 0 Å². The Balaban J connectivity index is -0.000000297. The van der Waals surface area contributed by atoms with Gasteiger partial charge in [0.1, 0.15) is 36.0 Å². The quantitative estimate of drug-likeness (QED) is 0.359. The molecule has 0 aliphatic carbocycles. The highest BCUT2D eigenvalue weighted by molar-refractivity contribution is 5.72. The van der Waals surface area contributed by atoms with Crippen LogP contribution in [0.2, 0.25) is 0 Å². The van der Waals surface area contributed by atoms with E-state index in [2.05, 4.69) is 0 Å². The summed E-state index contributed by atoms with van der Waals surface area (Å²) < 4.78 is 0. The maximum atomic E-state index is 9.90. The van der Waals surface area contributed by atoms with Crippen molar-refractivity contribution in [1.29, 1.82) is 0 Å². The van der Waals surface area contributed by atoms with Crippen LogP contribution in [0.1, 0.15) is 27.7 Å². The Morgan fingerprint density at radius 2 is 1.20 bits per heavy atom. The molecule has 0 radical (unpaired) electrons. The van der Waals surface area contributed by atoms with Gasteiger partial charge in [-0.05, 0) is 27.7 Å². The molecule has 20 heavy (non-hydrogen) atoms. The highest BCUT2D eigenvalue weighted by atomic mass is 16.4. The average Bonchev–Trinajstić information content (AvgIpc) is 2.33. The zero-order valence-corrected chi connectivity index (χ0v) is 12.1. The van der Waals surface area contributed by atoms with Gasteiger partial charge in [0.2, 0.25) is 0 Å². The summed E-state index contributed by atoms with van der Waals surface area (Å²) in [7, 11) is 0. The summed E-state index contributed by atoms with van der Waals surface area (Å²) in [5.41, 5.74) is 0. The van der Waals surface area contributed by atoms with Gasteiger partial charge in [-0.3, -0.25) is 0 Å². The van der Waals surface area contributed by atoms with Crippen LogP contribution in [0.4, 0.5) is 0 Å². The topological polar surface area (TPSA) is 152 Å². The summed E-state index contributed by atoms with van der Waals surface area (Å²) in [6, 6.07) is 0. The van der Waals surface area contributed by atoms with Gasteiger partial charge in [0.25, 0.3) is 0 Å². The van der Waals surface area contributed by atoms with E-state index in [0.29, 0.717) is 0 Å². The molecule has 8 nitrogen and oxygen atoms in total. The molecule has 0 aromatic rings. The van der Waals surface area contributed by atoms with E-state index < -0.39 is 31.0 Å². The first-order valence-corrected chi connectivity index (χ1v) is 5.73. The molecule has 8 heteroatoms. The molecule has 0 unspecified atom stereocenters. The number of aliphatic hydroxyl groups is 5. The molecule has 0 bridgehead atoms. The lowest BCUT2D eigenvalue weighted by Crippen LogP contribution is -2.46. The van der Waals surface area contributed by atoms with Gasteiger partial charge >= 0.3 is 0 Å².